The van der Waals surface area contributed by atoms with Gasteiger partial charge in [0.1, 0.15) is 5.69 Å². The number of aromatic nitrogens is 2. The van der Waals surface area contributed by atoms with E-state index in [2.05, 4.69) is 48.2 Å². The molecule has 0 bridgehead atoms. The van der Waals surface area contributed by atoms with Crippen LogP contribution in [0.2, 0.25) is 0 Å². The van der Waals surface area contributed by atoms with Crippen LogP contribution in [0.4, 0.5) is 0 Å². The van der Waals surface area contributed by atoms with Gasteiger partial charge in [-0.05, 0) is 31.0 Å². The van der Waals surface area contributed by atoms with Crippen LogP contribution in [0.15, 0.2) is 30.3 Å². The Bertz CT molecular complexity index is 990. The maximum atomic E-state index is 13.2. The number of hydrogen-bond donors (Lipinski definition) is 0. The van der Waals surface area contributed by atoms with E-state index in [-0.39, 0.29) is 24.2 Å². The molecule has 7 nitrogen and oxygen atoms in total. The van der Waals surface area contributed by atoms with Crippen LogP contribution in [0.5, 0.6) is 0 Å². The molecule has 3 aliphatic heterocycles. The number of carbonyl (C=O) groups is 2. The number of benzene rings is 1. The molecular weight excluding hydrogens is 402 g/mol. The molecule has 4 heterocycles. The number of nitrogens with zero attached hydrogens (tertiary/aromatic N) is 5. The highest BCUT2D eigenvalue weighted by Crippen LogP contribution is 2.45. The third-order valence-electron chi connectivity index (χ3n) is 6.90. The number of hydrogen-bond acceptors (Lipinski definition) is 4. The second kappa shape index (κ2) is 7.71. The number of likely N-dealkylation sites (tertiary alicyclic amines) is 2. The Balaban J connectivity index is 0.00000218. The van der Waals surface area contributed by atoms with Crippen LogP contribution in [0.3, 0.4) is 0 Å². The monoisotopic (exact) mass is 429 g/mol. The molecule has 2 amide bonds. The number of rotatable bonds is 2. The Labute approximate surface area is 183 Å². The summed E-state index contributed by atoms with van der Waals surface area (Å²) in [5.41, 5.74) is 3.57. The fraction of sp³-hybridized carbons (Fsp3) is 0.500. The summed E-state index contributed by atoms with van der Waals surface area (Å²) in [6.07, 6.45) is 0. The predicted molar refractivity (Wildman–Crippen MR) is 116 cm³/mol. The lowest BCUT2D eigenvalue weighted by Crippen LogP contribution is -2.37. The van der Waals surface area contributed by atoms with Gasteiger partial charge in [0, 0.05) is 51.3 Å². The van der Waals surface area contributed by atoms with Gasteiger partial charge >= 0.3 is 0 Å². The molecule has 0 saturated carbocycles. The van der Waals surface area contributed by atoms with Gasteiger partial charge in [0.15, 0.2) is 5.69 Å². The fourth-order valence-corrected chi connectivity index (χ4v) is 5.38. The Morgan fingerprint density at radius 2 is 1.87 bits per heavy atom. The van der Waals surface area contributed by atoms with Crippen LogP contribution >= 0.6 is 12.4 Å². The maximum absolute atomic E-state index is 13.2. The average molecular weight is 430 g/mol. The van der Waals surface area contributed by atoms with Gasteiger partial charge in [0.05, 0.1) is 6.54 Å². The smallest absolute Gasteiger partial charge is 0.274 e. The highest BCUT2D eigenvalue weighted by molar-refractivity contribution is 5.98. The summed E-state index contributed by atoms with van der Waals surface area (Å²) in [4.78, 5) is 31.6. The van der Waals surface area contributed by atoms with Crippen molar-refractivity contribution in [2.75, 3.05) is 40.3 Å². The zero-order chi connectivity index (χ0) is 20.3. The molecule has 0 unspecified atom stereocenters. The standard InChI is InChI=1S/C22H27N5O2.ClH/c1-14-6-4-5-7-16(14)20-17-13-26(12-15(17)11-25(20)3)21(28)18-10-19-22(29)24(2)8-9-27(19)23-18;/h4-7,10,15,17,20H,8-9,11-13H2,1-3H3;1H/t15-,17+,20+;/m0./s1. The molecule has 0 aliphatic carbocycles. The largest absolute Gasteiger partial charge is 0.339 e. The van der Waals surface area contributed by atoms with E-state index in [1.807, 2.05) is 4.90 Å². The molecule has 30 heavy (non-hydrogen) atoms. The second-order valence-corrected chi connectivity index (χ2v) is 8.74. The minimum absolute atomic E-state index is 0. The number of amides is 2. The molecule has 0 N–H and O–H groups in total. The molecule has 2 saturated heterocycles. The van der Waals surface area contributed by atoms with Crippen LogP contribution in [0.1, 0.15) is 38.1 Å². The van der Waals surface area contributed by atoms with Crippen molar-refractivity contribution < 1.29 is 9.59 Å². The molecule has 1 aromatic heterocycles. The normalized spacial score (nSPS) is 25.8. The Kier molecular flexibility index (Phi) is 5.36. The number of likely N-dealkylation sites (N-methyl/N-ethyl adjacent to an activating group) is 1. The van der Waals surface area contributed by atoms with Gasteiger partial charge in [0.25, 0.3) is 11.8 Å². The van der Waals surface area contributed by atoms with E-state index >= 15 is 0 Å². The van der Waals surface area contributed by atoms with Gasteiger partial charge in [-0.3, -0.25) is 19.2 Å². The third kappa shape index (κ3) is 3.20. The highest BCUT2D eigenvalue weighted by Gasteiger charge is 2.48. The Morgan fingerprint density at radius 3 is 2.63 bits per heavy atom. The molecule has 3 atom stereocenters. The molecule has 0 radical (unpaired) electrons. The summed E-state index contributed by atoms with van der Waals surface area (Å²) in [6, 6.07) is 10.6. The maximum Gasteiger partial charge on any atom is 0.274 e. The van der Waals surface area contributed by atoms with Crippen LogP contribution in [-0.2, 0) is 6.54 Å². The van der Waals surface area contributed by atoms with Crippen LogP contribution in [0, 0.1) is 18.8 Å². The van der Waals surface area contributed by atoms with Crippen LogP contribution in [-0.4, -0.2) is 76.6 Å². The second-order valence-electron chi connectivity index (χ2n) is 8.74. The van der Waals surface area contributed by atoms with Crippen molar-refractivity contribution in [1.29, 1.82) is 0 Å². The van der Waals surface area contributed by atoms with E-state index in [0.29, 0.717) is 42.4 Å². The van der Waals surface area contributed by atoms with Gasteiger partial charge in [-0.15, -0.1) is 12.4 Å². The van der Waals surface area contributed by atoms with Crippen molar-refractivity contribution in [3.63, 3.8) is 0 Å². The minimum Gasteiger partial charge on any atom is -0.339 e. The zero-order valence-corrected chi connectivity index (χ0v) is 18.4. The van der Waals surface area contributed by atoms with E-state index < -0.39 is 0 Å². The average Bonchev–Trinajstić information content (AvgIpc) is 3.38. The number of carbonyl (C=O) groups excluding carboxylic acids is 2. The molecule has 160 valence electrons. The molecular formula is C22H28ClN5O2. The number of fused-ring (bicyclic) bond motifs is 2. The summed E-state index contributed by atoms with van der Waals surface area (Å²) in [5.74, 6) is 0.777. The lowest BCUT2D eigenvalue weighted by molar-refractivity contribution is 0.0736. The van der Waals surface area contributed by atoms with Gasteiger partial charge in [-0.2, -0.15) is 5.10 Å². The topological polar surface area (TPSA) is 61.7 Å². The first-order chi connectivity index (χ1) is 13.9. The third-order valence-corrected chi connectivity index (χ3v) is 6.90. The summed E-state index contributed by atoms with van der Waals surface area (Å²) < 4.78 is 1.68. The lowest BCUT2D eigenvalue weighted by atomic mass is 9.88. The van der Waals surface area contributed by atoms with Crippen molar-refractivity contribution >= 4 is 24.2 Å². The van der Waals surface area contributed by atoms with Gasteiger partial charge < -0.3 is 9.80 Å². The summed E-state index contributed by atoms with van der Waals surface area (Å²) in [6.45, 7) is 5.92. The molecule has 0 spiro atoms. The Morgan fingerprint density at radius 1 is 1.10 bits per heavy atom. The van der Waals surface area contributed by atoms with E-state index in [0.717, 1.165) is 19.6 Å². The van der Waals surface area contributed by atoms with E-state index in [9.17, 15) is 9.59 Å². The van der Waals surface area contributed by atoms with Gasteiger partial charge in [-0.25, -0.2) is 0 Å². The molecule has 2 aromatic rings. The highest BCUT2D eigenvalue weighted by atomic mass is 35.5. The molecule has 1 aromatic carbocycles. The minimum atomic E-state index is -0.0673. The van der Waals surface area contributed by atoms with Crippen LogP contribution in [0.25, 0.3) is 0 Å². The van der Waals surface area contributed by atoms with E-state index in [1.54, 1.807) is 22.7 Å². The quantitative estimate of drug-likeness (QED) is 0.733. The molecule has 5 rings (SSSR count). The first kappa shape index (κ1) is 20.9. The predicted octanol–water partition coefficient (Wildman–Crippen LogP) is 2.07. The van der Waals surface area contributed by atoms with Crippen molar-refractivity contribution in [2.24, 2.45) is 11.8 Å². The van der Waals surface area contributed by atoms with Gasteiger partial charge in [0.2, 0.25) is 0 Å². The van der Waals surface area contributed by atoms with Crippen LogP contribution < -0.4 is 0 Å². The van der Waals surface area contributed by atoms with Crippen molar-refractivity contribution in [1.82, 2.24) is 24.5 Å². The summed E-state index contributed by atoms with van der Waals surface area (Å²) >= 11 is 0. The fourth-order valence-electron chi connectivity index (χ4n) is 5.38. The van der Waals surface area contributed by atoms with Crippen molar-refractivity contribution in [3.05, 3.63) is 52.8 Å². The molecule has 3 aliphatic rings. The van der Waals surface area contributed by atoms with Crippen molar-refractivity contribution in [3.8, 4) is 0 Å². The number of halogens is 1. The molecule has 8 heteroatoms. The van der Waals surface area contributed by atoms with E-state index in [4.69, 9.17) is 0 Å². The Hall–Kier alpha value is -2.38. The van der Waals surface area contributed by atoms with E-state index in [1.165, 1.54) is 11.1 Å². The van der Waals surface area contributed by atoms with Crippen molar-refractivity contribution in [2.45, 2.75) is 19.5 Å². The first-order valence-electron chi connectivity index (χ1n) is 10.3. The van der Waals surface area contributed by atoms with Gasteiger partial charge in [-0.1, -0.05) is 24.3 Å². The summed E-state index contributed by atoms with van der Waals surface area (Å²) in [5, 5.41) is 4.45. The lowest BCUT2D eigenvalue weighted by Gasteiger charge is -2.27. The first-order valence-corrected chi connectivity index (χ1v) is 10.3. The molecule has 2 fully saturated rings. The summed E-state index contributed by atoms with van der Waals surface area (Å²) in [7, 11) is 3.97. The zero-order valence-electron chi connectivity index (χ0n) is 17.6. The SMILES string of the molecule is Cc1ccccc1[C@@H]1[C@@H]2CN(C(=O)c3cc4n(n3)CCN(C)C4=O)C[C@@H]2CN1C.Cl. The number of aryl methyl sites for hydroxylation is 1.